The number of nitrogen functional groups attached to an aromatic ring is 1. The molecule has 162 valence electrons. The van der Waals surface area contributed by atoms with Crippen molar-refractivity contribution < 1.29 is 19.1 Å². The summed E-state index contributed by atoms with van der Waals surface area (Å²) in [5, 5.41) is 2.82. The molecule has 1 heterocycles. The van der Waals surface area contributed by atoms with Crippen LogP contribution < -0.4 is 26.4 Å². The SMILES string of the molecule is COc1ccc(C)cc1N(CC(=O)NCCC(C)C)C(=O)c1snc(C(N)=O)c1N. The molecule has 30 heavy (non-hydrogen) atoms. The lowest BCUT2D eigenvalue weighted by atomic mass is 10.1. The number of carbonyl (C=O) groups excluding carboxylic acids is 3. The zero-order valence-electron chi connectivity index (χ0n) is 17.5. The van der Waals surface area contributed by atoms with Crippen molar-refractivity contribution >= 4 is 40.6 Å². The Balaban J connectivity index is 2.41. The van der Waals surface area contributed by atoms with Gasteiger partial charge in [0, 0.05) is 6.54 Å². The molecule has 2 aromatic rings. The van der Waals surface area contributed by atoms with Crippen LogP contribution in [0.2, 0.25) is 0 Å². The van der Waals surface area contributed by atoms with E-state index in [1.165, 1.54) is 12.0 Å². The number of amides is 3. The Morgan fingerprint density at radius 3 is 2.57 bits per heavy atom. The summed E-state index contributed by atoms with van der Waals surface area (Å²) in [6.07, 6.45) is 0.817. The Morgan fingerprint density at radius 2 is 2.00 bits per heavy atom. The van der Waals surface area contributed by atoms with Gasteiger partial charge in [0.05, 0.1) is 18.5 Å². The van der Waals surface area contributed by atoms with E-state index < -0.39 is 11.8 Å². The highest BCUT2D eigenvalue weighted by molar-refractivity contribution is 7.09. The van der Waals surface area contributed by atoms with E-state index in [2.05, 4.69) is 23.5 Å². The highest BCUT2D eigenvalue weighted by Gasteiger charge is 2.29. The van der Waals surface area contributed by atoms with Gasteiger partial charge in [-0.05, 0) is 48.5 Å². The lowest BCUT2D eigenvalue weighted by molar-refractivity contribution is -0.119. The van der Waals surface area contributed by atoms with Crippen LogP contribution in [0.25, 0.3) is 0 Å². The van der Waals surface area contributed by atoms with Gasteiger partial charge in [-0.25, -0.2) is 0 Å². The lowest BCUT2D eigenvalue weighted by Crippen LogP contribution is -2.41. The second-order valence-electron chi connectivity index (χ2n) is 7.24. The second-order valence-corrected chi connectivity index (χ2v) is 8.01. The summed E-state index contributed by atoms with van der Waals surface area (Å²) in [5.41, 5.74) is 12.2. The van der Waals surface area contributed by atoms with Gasteiger partial charge < -0.3 is 21.5 Å². The molecule has 1 aromatic carbocycles. The van der Waals surface area contributed by atoms with Gasteiger partial charge >= 0.3 is 0 Å². The molecule has 0 bridgehead atoms. The zero-order chi connectivity index (χ0) is 22.4. The summed E-state index contributed by atoms with van der Waals surface area (Å²) in [6.45, 7) is 6.23. The van der Waals surface area contributed by atoms with Gasteiger partial charge in [-0.3, -0.25) is 19.3 Å². The number of carbonyl (C=O) groups is 3. The first-order chi connectivity index (χ1) is 14.1. The molecular formula is C20H27N5O4S. The predicted octanol–water partition coefficient (Wildman–Crippen LogP) is 1.95. The van der Waals surface area contributed by atoms with Crippen LogP contribution >= 0.6 is 11.5 Å². The molecule has 0 atom stereocenters. The normalized spacial score (nSPS) is 10.7. The number of hydrogen-bond acceptors (Lipinski definition) is 7. The van der Waals surface area contributed by atoms with Crippen molar-refractivity contribution in [2.24, 2.45) is 11.7 Å². The Bertz CT molecular complexity index is 941. The summed E-state index contributed by atoms with van der Waals surface area (Å²) in [6, 6.07) is 5.29. The smallest absolute Gasteiger partial charge is 0.272 e. The average Bonchev–Trinajstić information content (AvgIpc) is 3.07. The van der Waals surface area contributed by atoms with Crippen molar-refractivity contribution in [3.05, 3.63) is 34.3 Å². The van der Waals surface area contributed by atoms with Crippen LogP contribution in [-0.2, 0) is 4.79 Å². The Labute approximate surface area is 179 Å². The first kappa shape index (κ1) is 23.1. The van der Waals surface area contributed by atoms with Gasteiger partial charge in [0.25, 0.3) is 11.8 Å². The number of nitrogens with zero attached hydrogens (tertiary/aromatic N) is 2. The number of primary amides is 1. The fraction of sp³-hybridized carbons (Fsp3) is 0.400. The molecule has 9 nitrogen and oxygen atoms in total. The highest BCUT2D eigenvalue weighted by Crippen LogP contribution is 2.32. The van der Waals surface area contributed by atoms with Crippen LogP contribution in [0.5, 0.6) is 5.75 Å². The van der Waals surface area contributed by atoms with E-state index in [0.717, 1.165) is 23.5 Å². The molecule has 0 aliphatic heterocycles. The number of methoxy groups -OCH3 is 1. The van der Waals surface area contributed by atoms with Crippen LogP contribution in [0.4, 0.5) is 11.4 Å². The standard InChI is InChI=1S/C20H27N5O4S/c1-11(2)7-8-23-15(26)10-25(13-9-12(3)5-6-14(13)29-4)20(28)18-16(21)17(19(22)27)24-30-18/h5-6,9,11H,7-8,10,21H2,1-4H3,(H2,22,27)(H,23,26). The maximum absolute atomic E-state index is 13.3. The van der Waals surface area contributed by atoms with E-state index >= 15 is 0 Å². The number of rotatable bonds is 9. The topological polar surface area (TPSA) is 141 Å². The van der Waals surface area contributed by atoms with Crippen LogP contribution in [0.15, 0.2) is 18.2 Å². The number of benzene rings is 1. The molecule has 3 amide bonds. The Morgan fingerprint density at radius 1 is 1.30 bits per heavy atom. The monoisotopic (exact) mass is 433 g/mol. The van der Waals surface area contributed by atoms with E-state index in [1.54, 1.807) is 12.1 Å². The van der Waals surface area contributed by atoms with E-state index in [0.29, 0.717) is 23.9 Å². The summed E-state index contributed by atoms with van der Waals surface area (Å²) in [5.74, 6) is -0.869. The van der Waals surface area contributed by atoms with Crippen LogP contribution in [0.3, 0.4) is 0 Å². The number of aromatic nitrogens is 1. The van der Waals surface area contributed by atoms with E-state index in [4.69, 9.17) is 16.2 Å². The average molecular weight is 434 g/mol. The Kier molecular flexibility index (Phi) is 7.76. The van der Waals surface area contributed by atoms with E-state index in [-0.39, 0.29) is 28.7 Å². The molecular weight excluding hydrogens is 406 g/mol. The third-order valence-corrected chi connectivity index (χ3v) is 5.22. The predicted molar refractivity (Wildman–Crippen MR) is 117 cm³/mol. The fourth-order valence-corrected chi connectivity index (χ4v) is 3.48. The van der Waals surface area contributed by atoms with Gasteiger partial charge in [-0.15, -0.1) is 0 Å². The van der Waals surface area contributed by atoms with E-state index in [1.807, 2.05) is 13.0 Å². The largest absolute Gasteiger partial charge is 0.495 e. The molecule has 0 saturated heterocycles. The number of nitrogens with one attached hydrogen (secondary N) is 1. The number of anilines is 2. The maximum atomic E-state index is 13.3. The first-order valence-corrected chi connectivity index (χ1v) is 10.2. The first-order valence-electron chi connectivity index (χ1n) is 9.43. The van der Waals surface area contributed by atoms with Crippen LogP contribution in [-0.4, -0.2) is 42.3 Å². The van der Waals surface area contributed by atoms with Crippen molar-refractivity contribution in [3.8, 4) is 5.75 Å². The van der Waals surface area contributed by atoms with Crippen LogP contribution in [0.1, 0.15) is 46.0 Å². The minimum absolute atomic E-state index is 0.0299. The quantitative estimate of drug-likeness (QED) is 0.552. The molecule has 0 aliphatic carbocycles. The fourth-order valence-electron chi connectivity index (χ4n) is 2.73. The van der Waals surface area contributed by atoms with E-state index in [9.17, 15) is 14.4 Å². The lowest BCUT2D eigenvalue weighted by Gasteiger charge is -2.24. The summed E-state index contributed by atoms with van der Waals surface area (Å²) < 4.78 is 9.28. The molecule has 2 rings (SSSR count). The third-order valence-electron chi connectivity index (χ3n) is 4.37. The van der Waals surface area contributed by atoms with Gasteiger partial charge in [-0.2, -0.15) is 4.37 Å². The van der Waals surface area contributed by atoms with Gasteiger partial charge in [-0.1, -0.05) is 19.9 Å². The molecule has 0 fully saturated rings. The summed E-state index contributed by atoms with van der Waals surface area (Å²) in [7, 11) is 1.48. The minimum atomic E-state index is -0.825. The third kappa shape index (κ3) is 5.47. The van der Waals surface area contributed by atoms with Crippen molar-refractivity contribution in [2.45, 2.75) is 27.2 Å². The zero-order valence-corrected chi connectivity index (χ0v) is 18.3. The highest BCUT2D eigenvalue weighted by atomic mass is 32.1. The molecule has 0 spiro atoms. The summed E-state index contributed by atoms with van der Waals surface area (Å²) in [4.78, 5) is 38.7. The van der Waals surface area contributed by atoms with Crippen molar-refractivity contribution in [3.63, 3.8) is 0 Å². The van der Waals surface area contributed by atoms with Gasteiger partial charge in [0.15, 0.2) is 5.69 Å². The van der Waals surface area contributed by atoms with Crippen molar-refractivity contribution in [2.75, 3.05) is 30.8 Å². The van der Waals surface area contributed by atoms with Crippen LogP contribution in [0, 0.1) is 12.8 Å². The van der Waals surface area contributed by atoms with Gasteiger partial charge in [0.1, 0.15) is 17.2 Å². The van der Waals surface area contributed by atoms with Gasteiger partial charge in [0.2, 0.25) is 5.91 Å². The number of ether oxygens (including phenoxy) is 1. The summed E-state index contributed by atoms with van der Waals surface area (Å²) >= 11 is 0.763. The molecule has 0 saturated carbocycles. The number of hydrogen-bond donors (Lipinski definition) is 3. The number of nitrogens with two attached hydrogens (primary N) is 2. The second kappa shape index (κ2) is 10.1. The Hall–Kier alpha value is -3.14. The molecule has 1 aromatic heterocycles. The minimum Gasteiger partial charge on any atom is -0.495 e. The molecule has 5 N–H and O–H groups in total. The maximum Gasteiger partial charge on any atom is 0.272 e. The number of aryl methyl sites for hydroxylation is 1. The molecule has 0 aliphatic rings. The molecule has 10 heteroatoms. The molecule has 0 unspecified atom stereocenters. The van der Waals surface area contributed by atoms with Crippen molar-refractivity contribution in [1.82, 2.24) is 9.69 Å². The molecule has 0 radical (unpaired) electrons. The van der Waals surface area contributed by atoms with Crippen molar-refractivity contribution in [1.29, 1.82) is 0 Å².